The Hall–Kier alpha value is -3.90. The molecule has 1 amide bonds. The maximum Gasteiger partial charge on any atom is 0.269 e. The number of hydrogen-bond donors (Lipinski definition) is 3. The maximum atomic E-state index is 12.8. The Morgan fingerprint density at radius 2 is 1.97 bits per heavy atom. The number of nitrogens with one attached hydrogen (secondary N) is 1. The zero-order valence-electron chi connectivity index (χ0n) is 15.6. The van der Waals surface area contributed by atoms with Crippen molar-refractivity contribution in [3.05, 3.63) is 52.1 Å². The Morgan fingerprint density at radius 3 is 2.59 bits per heavy atom. The molecule has 9 heteroatoms. The number of fused-ring (bicyclic) bond motifs is 1. The number of nitriles is 1. The van der Waals surface area contributed by atoms with Gasteiger partial charge in [-0.05, 0) is 19.4 Å². The fraction of sp³-hybridized carbons (Fsp3) is 0.100. The quantitative estimate of drug-likeness (QED) is 0.470. The van der Waals surface area contributed by atoms with Crippen LogP contribution in [0.4, 0.5) is 17.3 Å². The molecular weight excluding hydrogens is 388 g/mol. The highest BCUT2D eigenvalue weighted by molar-refractivity contribution is 7.21. The lowest BCUT2D eigenvalue weighted by Crippen LogP contribution is -2.12. The van der Waals surface area contributed by atoms with Crippen molar-refractivity contribution in [1.29, 1.82) is 5.26 Å². The van der Waals surface area contributed by atoms with E-state index in [0.29, 0.717) is 21.5 Å². The number of nitrogens with two attached hydrogens (primary N) is 2. The van der Waals surface area contributed by atoms with E-state index < -0.39 is 5.91 Å². The van der Waals surface area contributed by atoms with Gasteiger partial charge in [-0.25, -0.2) is 4.98 Å². The molecule has 0 aliphatic heterocycles. The number of carbonyl (C=O) groups is 1. The molecular formula is C20H16N6O2S. The Kier molecular flexibility index (Phi) is 4.41. The molecule has 3 aromatic heterocycles. The van der Waals surface area contributed by atoms with E-state index in [1.54, 1.807) is 13.0 Å². The second-order valence-electron chi connectivity index (χ2n) is 6.53. The molecule has 0 aliphatic rings. The van der Waals surface area contributed by atoms with Crippen molar-refractivity contribution >= 4 is 44.8 Å². The lowest BCUT2D eigenvalue weighted by molar-refractivity contribution is 0.103. The van der Waals surface area contributed by atoms with Gasteiger partial charge in [-0.3, -0.25) is 4.79 Å². The van der Waals surface area contributed by atoms with E-state index in [0.717, 1.165) is 22.5 Å². The fourth-order valence-electron chi connectivity index (χ4n) is 3.06. The Morgan fingerprint density at radius 1 is 1.24 bits per heavy atom. The van der Waals surface area contributed by atoms with Gasteiger partial charge < -0.3 is 21.3 Å². The first-order valence-electron chi connectivity index (χ1n) is 8.62. The summed E-state index contributed by atoms with van der Waals surface area (Å²) in [5.74, 6) is 0.509. The summed E-state index contributed by atoms with van der Waals surface area (Å²) >= 11 is 1.11. The summed E-state index contributed by atoms with van der Waals surface area (Å²) in [5.41, 5.74) is 15.3. The molecule has 0 radical (unpaired) electrons. The summed E-state index contributed by atoms with van der Waals surface area (Å²) in [6.45, 7) is 3.69. The first-order chi connectivity index (χ1) is 13.9. The highest BCUT2D eigenvalue weighted by Gasteiger charge is 2.24. The van der Waals surface area contributed by atoms with E-state index >= 15 is 0 Å². The first kappa shape index (κ1) is 18.5. The molecule has 4 rings (SSSR count). The maximum absolute atomic E-state index is 12.8. The average molecular weight is 404 g/mol. The molecule has 1 aromatic carbocycles. The third-order valence-electron chi connectivity index (χ3n) is 4.43. The number of aryl methyl sites for hydroxylation is 2. The number of thiophene rings is 1. The van der Waals surface area contributed by atoms with Crippen LogP contribution in [-0.4, -0.2) is 16.0 Å². The molecule has 0 fully saturated rings. The normalized spacial score (nSPS) is 10.8. The summed E-state index contributed by atoms with van der Waals surface area (Å²) in [7, 11) is 0. The molecule has 0 atom stereocenters. The van der Waals surface area contributed by atoms with Gasteiger partial charge in [0.1, 0.15) is 32.9 Å². The van der Waals surface area contributed by atoms with Gasteiger partial charge in [0.15, 0.2) is 5.82 Å². The van der Waals surface area contributed by atoms with Crippen LogP contribution in [0.15, 0.2) is 34.9 Å². The third kappa shape index (κ3) is 3.15. The van der Waals surface area contributed by atoms with Crippen molar-refractivity contribution in [2.24, 2.45) is 0 Å². The lowest BCUT2D eigenvalue weighted by atomic mass is 9.96. The van der Waals surface area contributed by atoms with E-state index in [4.69, 9.17) is 16.0 Å². The minimum atomic E-state index is -0.439. The average Bonchev–Trinajstić information content (AvgIpc) is 3.24. The number of amides is 1. The number of nitrogens with zero attached hydrogens (tertiary/aromatic N) is 3. The number of carbonyl (C=O) groups excluding carboxylic acids is 1. The van der Waals surface area contributed by atoms with Gasteiger partial charge in [0.05, 0.1) is 5.69 Å². The van der Waals surface area contributed by atoms with Gasteiger partial charge in [0.25, 0.3) is 5.91 Å². The Labute approximate surface area is 169 Å². The monoisotopic (exact) mass is 404 g/mol. The molecule has 29 heavy (non-hydrogen) atoms. The van der Waals surface area contributed by atoms with Crippen LogP contribution in [-0.2, 0) is 0 Å². The molecule has 8 nitrogen and oxygen atoms in total. The summed E-state index contributed by atoms with van der Waals surface area (Å²) in [6, 6.07) is 11.4. The molecule has 144 valence electrons. The van der Waals surface area contributed by atoms with E-state index in [2.05, 4.69) is 21.5 Å². The SMILES string of the molecule is Cc1ccc(-c2c(C#N)c(N)nc3sc(C(=O)Nc4cc(C)on4)c(N)c23)cc1. The van der Waals surface area contributed by atoms with Crippen LogP contribution >= 0.6 is 11.3 Å². The number of rotatable bonds is 3. The minimum absolute atomic E-state index is 0.0934. The number of hydrogen-bond acceptors (Lipinski definition) is 8. The number of aromatic nitrogens is 2. The second-order valence-corrected chi connectivity index (χ2v) is 7.53. The fourth-order valence-corrected chi connectivity index (χ4v) is 4.07. The molecule has 0 bridgehead atoms. The van der Waals surface area contributed by atoms with Crippen molar-refractivity contribution in [2.75, 3.05) is 16.8 Å². The highest BCUT2D eigenvalue weighted by Crippen LogP contribution is 2.42. The summed E-state index contributed by atoms with van der Waals surface area (Å²) in [6.07, 6.45) is 0. The summed E-state index contributed by atoms with van der Waals surface area (Å²) in [5, 5.41) is 16.6. The Bertz CT molecular complexity index is 1300. The Balaban J connectivity index is 1.91. The topological polar surface area (TPSA) is 144 Å². The van der Waals surface area contributed by atoms with Crippen LogP contribution in [0.25, 0.3) is 21.3 Å². The number of nitrogen functional groups attached to an aromatic ring is 2. The largest absolute Gasteiger partial charge is 0.397 e. The molecule has 0 spiro atoms. The summed E-state index contributed by atoms with van der Waals surface area (Å²) < 4.78 is 4.97. The van der Waals surface area contributed by atoms with Gasteiger partial charge in [-0.15, -0.1) is 11.3 Å². The molecule has 4 aromatic rings. The van der Waals surface area contributed by atoms with E-state index in [1.165, 1.54) is 0 Å². The molecule has 0 unspecified atom stereocenters. The standard InChI is InChI=1S/C20H16N6O2S/c1-9-3-5-11(6-4-9)14-12(8-21)18(23)25-20-15(14)16(22)17(29-20)19(27)24-13-7-10(2)28-26-13/h3-7H,22H2,1-2H3,(H2,23,25)(H,24,26,27). The molecule has 0 saturated heterocycles. The number of anilines is 3. The predicted octanol–water partition coefficient (Wildman–Crippen LogP) is 3.86. The van der Waals surface area contributed by atoms with Crippen LogP contribution in [0.5, 0.6) is 0 Å². The zero-order chi connectivity index (χ0) is 20.7. The van der Waals surface area contributed by atoms with Gasteiger partial charge >= 0.3 is 0 Å². The van der Waals surface area contributed by atoms with Crippen LogP contribution in [0.1, 0.15) is 26.6 Å². The molecule has 5 N–H and O–H groups in total. The molecule has 3 heterocycles. The summed E-state index contributed by atoms with van der Waals surface area (Å²) in [4.78, 5) is 17.8. The van der Waals surface area contributed by atoms with Crippen LogP contribution in [0.3, 0.4) is 0 Å². The second kappa shape index (κ2) is 6.92. The first-order valence-corrected chi connectivity index (χ1v) is 9.44. The number of benzene rings is 1. The van der Waals surface area contributed by atoms with E-state index in [-0.39, 0.29) is 27.8 Å². The van der Waals surface area contributed by atoms with Crippen molar-refractivity contribution in [1.82, 2.24) is 10.1 Å². The highest BCUT2D eigenvalue weighted by atomic mass is 32.1. The van der Waals surface area contributed by atoms with Gasteiger partial charge in [0, 0.05) is 17.0 Å². The lowest BCUT2D eigenvalue weighted by Gasteiger charge is -2.10. The van der Waals surface area contributed by atoms with Crippen molar-refractivity contribution < 1.29 is 9.32 Å². The van der Waals surface area contributed by atoms with Gasteiger partial charge in [0.2, 0.25) is 0 Å². The van der Waals surface area contributed by atoms with Crippen LogP contribution in [0, 0.1) is 25.2 Å². The smallest absolute Gasteiger partial charge is 0.269 e. The van der Waals surface area contributed by atoms with Crippen LogP contribution < -0.4 is 16.8 Å². The van der Waals surface area contributed by atoms with Crippen molar-refractivity contribution in [3.63, 3.8) is 0 Å². The zero-order valence-corrected chi connectivity index (χ0v) is 16.4. The molecule has 0 aliphatic carbocycles. The van der Waals surface area contributed by atoms with Crippen LogP contribution in [0.2, 0.25) is 0 Å². The van der Waals surface area contributed by atoms with Crippen molar-refractivity contribution in [2.45, 2.75) is 13.8 Å². The van der Waals surface area contributed by atoms with Gasteiger partial charge in [-0.1, -0.05) is 35.0 Å². The van der Waals surface area contributed by atoms with Gasteiger partial charge in [-0.2, -0.15) is 5.26 Å². The minimum Gasteiger partial charge on any atom is -0.397 e. The molecule has 0 saturated carbocycles. The van der Waals surface area contributed by atoms with E-state index in [1.807, 2.05) is 31.2 Å². The van der Waals surface area contributed by atoms with Crippen molar-refractivity contribution in [3.8, 4) is 17.2 Å². The third-order valence-corrected chi connectivity index (χ3v) is 5.53. The number of pyridine rings is 1. The predicted molar refractivity (Wildman–Crippen MR) is 113 cm³/mol. The van der Waals surface area contributed by atoms with E-state index in [9.17, 15) is 10.1 Å².